The molecule has 1 aromatic heterocycles. The highest BCUT2D eigenvalue weighted by atomic mass is 14.9. The zero-order valence-corrected chi connectivity index (χ0v) is 10.5. The van der Waals surface area contributed by atoms with Crippen LogP contribution in [0.3, 0.4) is 0 Å². The predicted molar refractivity (Wildman–Crippen MR) is 68.6 cm³/mol. The highest BCUT2D eigenvalue weighted by Gasteiger charge is 2.25. The van der Waals surface area contributed by atoms with E-state index in [1.165, 1.54) is 24.9 Å². The van der Waals surface area contributed by atoms with Gasteiger partial charge in [0, 0.05) is 12.2 Å². The van der Waals surface area contributed by atoms with E-state index in [9.17, 15) is 0 Å². The lowest BCUT2D eigenvalue weighted by molar-refractivity contribution is 0.276. The van der Waals surface area contributed by atoms with E-state index < -0.39 is 0 Å². The summed E-state index contributed by atoms with van der Waals surface area (Å²) in [6.45, 7) is 6.79. The van der Waals surface area contributed by atoms with Gasteiger partial charge in [0.05, 0.1) is 11.4 Å². The molecule has 0 aromatic carbocycles. The number of hydrogen-bond donors (Lipinski definition) is 1. The summed E-state index contributed by atoms with van der Waals surface area (Å²) in [6.07, 6.45) is 5.84. The molecule has 1 aliphatic rings. The van der Waals surface area contributed by atoms with Crippen molar-refractivity contribution in [1.29, 1.82) is 0 Å². The van der Waals surface area contributed by atoms with Gasteiger partial charge < -0.3 is 5.32 Å². The van der Waals surface area contributed by atoms with Crippen LogP contribution < -0.4 is 5.32 Å². The van der Waals surface area contributed by atoms with Gasteiger partial charge in [-0.2, -0.15) is 0 Å². The van der Waals surface area contributed by atoms with Gasteiger partial charge in [-0.15, -0.1) is 0 Å². The molecule has 88 valence electrons. The van der Waals surface area contributed by atoms with Crippen molar-refractivity contribution >= 4 is 5.69 Å². The molecular weight excluding hydrogens is 196 g/mol. The molecule has 2 nitrogen and oxygen atoms in total. The molecule has 1 saturated carbocycles. The maximum atomic E-state index is 4.32. The molecule has 1 aliphatic carbocycles. The Hall–Kier alpha value is -1.05. The molecule has 0 bridgehead atoms. The molecule has 1 heterocycles. The normalized spacial score (nSPS) is 30.1. The minimum atomic E-state index is 0.624. The molecule has 3 unspecified atom stereocenters. The maximum absolute atomic E-state index is 4.32. The first-order chi connectivity index (χ1) is 7.66. The van der Waals surface area contributed by atoms with Gasteiger partial charge in [0.25, 0.3) is 0 Å². The summed E-state index contributed by atoms with van der Waals surface area (Å²) in [5.74, 6) is 1.66. The number of anilines is 1. The minimum absolute atomic E-state index is 0.624. The number of rotatable bonds is 2. The van der Waals surface area contributed by atoms with Crippen molar-refractivity contribution in [3.05, 3.63) is 24.0 Å². The van der Waals surface area contributed by atoms with Gasteiger partial charge in [0.1, 0.15) is 0 Å². The summed E-state index contributed by atoms with van der Waals surface area (Å²) in [7, 11) is 0. The number of aromatic nitrogens is 1. The van der Waals surface area contributed by atoms with Crippen LogP contribution in [0.4, 0.5) is 5.69 Å². The van der Waals surface area contributed by atoms with Crippen LogP contribution in [0, 0.1) is 18.8 Å². The van der Waals surface area contributed by atoms with Gasteiger partial charge in [0.2, 0.25) is 0 Å². The highest BCUT2D eigenvalue weighted by molar-refractivity contribution is 5.47. The summed E-state index contributed by atoms with van der Waals surface area (Å²) in [4.78, 5) is 4.32. The average molecular weight is 218 g/mol. The third-order valence-electron chi connectivity index (χ3n) is 3.78. The Morgan fingerprint density at radius 2 is 2.12 bits per heavy atom. The van der Waals surface area contributed by atoms with E-state index in [2.05, 4.69) is 37.1 Å². The quantitative estimate of drug-likeness (QED) is 0.820. The fourth-order valence-electron chi connectivity index (χ4n) is 2.72. The molecule has 0 aliphatic heterocycles. The average Bonchev–Trinajstić information content (AvgIpc) is 2.25. The van der Waals surface area contributed by atoms with Crippen LogP contribution in [0.5, 0.6) is 0 Å². The van der Waals surface area contributed by atoms with Crippen molar-refractivity contribution < 1.29 is 0 Å². The van der Waals surface area contributed by atoms with Crippen LogP contribution in [0.2, 0.25) is 0 Å². The fourth-order valence-corrected chi connectivity index (χ4v) is 2.72. The van der Waals surface area contributed by atoms with Crippen molar-refractivity contribution in [2.45, 2.75) is 46.1 Å². The Bertz CT molecular complexity index is 348. The molecule has 1 fully saturated rings. The predicted octanol–water partition coefficient (Wildman–Crippen LogP) is 3.63. The Morgan fingerprint density at radius 3 is 2.81 bits per heavy atom. The molecule has 0 spiro atoms. The molecule has 0 amide bonds. The van der Waals surface area contributed by atoms with Gasteiger partial charge in [0.15, 0.2) is 0 Å². The van der Waals surface area contributed by atoms with E-state index in [1.54, 1.807) is 0 Å². The summed E-state index contributed by atoms with van der Waals surface area (Å²) in [5, 5.41) is 3.66. The number of hydrogen-bond acceptors (Lipinski definition) is 2. The zero-order valence-electron chi connectivity index (χ0n) is 10.5. The first-order valence-corrected chi connectivity index (χ1v) is 6.35. The zero-order chi connectivity index (χ0) is 11.5. The molecular formula is C14H22N2. The molecule has 1 N–H and O–H groups in total. The van der Waals surface area contributed by atoms with Gasteiger partial charge in [-0.25, -0.2) is 0 Å². The molecule has 0 saturated heterocycles. The Morgan fingerprint density at radius 1 is 1.31 bits per heavy atom. The smallest absolute Gasteiger partial charge is 0.0603 e. The van der Waals surface area contributed by atoms with Crippen molar-refractivity contribution in [3.8, 4) is 0 Å². The van der Waals surface area contributed by atoms with Crippen LogP contribution >= 0.6 is 0 Å². The third kappa shape index (κ3) is 2.55. The first-order valence-electron chi connectivity index (χ1n) is 6.35. The van der Waals surface area contributed by atoms with Crippen molar-refractivity contribution in [3.63, 3.8) is 0 Å². The van der Waals surface area contributed by atoms with E-state index >= 15 is 0 Å². The van der Waals surface area contributed by atoms with Crippen LogP contribution in [0.1, 0.15) is 38.8 Å². The van der Waals surface area contributed by atoms with Crippen molar-refractivity contribution in [1.82, 2.24) is 4.98 Å². The lowest BCUT2D eigenvalue weighted by Crippen LogP contribution is -2.33. The van der Waals surface area contributed by atoms with Crippen molar-refractivity contribution in [2.24, 2.45) is 11.8 Å². The Kier molecular flexibility index (Phi) is 3.47. The largest absolute Gasteiger partial charge is 0.381 e. The molecule has 2 heteroatoms. The summed E-state index contributed by atoms with van der Waals surface area (Å²) < 4.78 is 0. The minimum Gasteiger partial charge on any atom is -0.381 e. The van der Waals surface area contributed by atoms with Gasteiger partial charge in [-0.1, -0.05) is 13.8 Å². The van der Waals surface area contributed by atoms with Crippen molar-refractivity contribution in [2.75, 3.05) is 5.32 Å². The standard InChI is InChI=1S/C14H22N2/c1-10-6-7-13(11(2)9-10)16-14-5-4-8-15-12(14)3/h4-5,8,10-11,13,16H,6-7,9H2,1-3H3. The topological polar surface area (TPSA) is 24.9 Å². The fraction of sp³-hybridized carbons (Fsp3) is 0.643. The van der Waals surface area contributed by atoms with Gasteiger partial charge in [-0.3, -0.25) is 4.98 Å². The second-order valence-electron chi connectivity index (χ2n) is 5.28. The lowest BCUT2D eigenvalue weighted by Gasteiger charge is -2.34. The SMILES string of the molecule is Cc1ncccc1NC1CCC(C)CC1C. The summed E-state index contributed by atoms with van der Waals surface area (Å²) in [6, 6.07) is 4.76. The van der Waals surface area contributed by atoms with E-state index in [-0.39, 0.29) is 0 Å². The molecule has 2 rings (SSSR count). The van der Waals surface area contributed by atoms with E-state index in [0.717, 1.165) is 17.5 Å². The first kappa shape index (κ1) is 11.4. The second kappa shape index (κ2) is 4.86. The molecule has 1 aromatic rings. The number of pyridine rings is 1. The molecule has 0 radical (unpaired) electrons. The van der Waals surface area contributed by atoms with Gasteiger partial charge >= 0.3 is 0 Å². The summed E-state index contributed by atoms with van der Waals surface area (Å²) >= 11 is 0. The Labute approximate surface area is 98.5 Å². The van der Waals surface area contributed by atoms with E-state index in [0.29, 0.717) is 6.04 Å². The molecule has 16 heavy (non-hydrogen) atoms. The maximum Gasteiger partial charge on any atom is 0.0603 e. The van der Waals surface area contributed by atoms with Crippen LogP contribution in [0.25, 0.3) is 0 Å². The number of nitrogens with zero attached hydrogens (tertiary/aromatic N) is 1. The number of nitrogens with one attached hydrogen (secondary N) is 1. The summed E-state index contributed by atoms with van der Waals surface area (Å²) in [5.41, 5.74) is 2.31. The van der Waals surface area contributed by atoms with E-state index in [1.807, 2.05) is 12.3 Å². The Balaban J connectivity index is 2.02. The second-order valence-corrected chi connectivity index (χ2v) is 5.28. The van der Waals surface area contributed by atoms with Crippen LogP contribution in [0.15, 0.2) is 18.3 Å². The highest BCUT2D eigenvalue weighted by Crippen LogP contribution is 2.31. The third-order valence-corrected chi connectivity index (χ3v) is 3.78. The van der Waals surface area contributed by atoms with Crippen LogP contribution in [-0.4, -0.2) is 11.0 Å². The number of aryl methyl sites for hydroxylation is 1. The molecule has 3 atom stereocenters. The van der Waals surface area contributed by atoms with Gasteiger partial charge in [-0.05, 0) is 50.2 Å². The van der Waals surface area contributed by atoms with Crippen LogP contribution in [-0.2, 0) is 0 Å². The monoisotopic (exact) mass is 218 g/mol. The lowest BCUT2D eigenvalue weighted by atomic mass is 9.80. The van der Waals surface area contributed by atoms with E-state index in [4.69, 9.17) is 0 Å².